The average molecular weight is 308 g/mol. The van der Waals surface area contributed by atoms with Crippen molar-refractivity contribution in [1.82, 2.24) is 9.03 Å². The topological polar surface area (TPSA) is 95.9 Å². The highest BCUT2D eigenvalue weighted by atomic mass is 32.2. The molecule has 0 aromatic heterocycles. The van der Waals surface area contributed by atoms with E-state index in [1.165, 1.54) is 7.11 Å². The molecule has 7 nitrogen and oxygen atoms in total. The molecule has 1 rings (SSSR count). The number of carboxylic acid groups (broad SMARTS) is 1. The third-order valence-corrected chi connectivity index (χ3v) is 5.05. The van der Waals surface area contributed by atoms with Crippen LogP contribution in [-0.4, -0.2) is 56.1 Å². The van der Waals surface area contributed by atoms with Crippen molar-refractivity contribution in [3.05, 3.63) is 0 Å². The number of ether oxygens (including phenoxy) is 1. The van der Waals surface area contributed by atoms with Crippen molar-refractivity contribution in [3.8, 4) is 0 Å². The number of hydrogen-bond donors (Lipinski definition) is 2. The van der Waals surface area contributed by atoms with Crippen LogP contribution in [0.25, 0.3) is 0 Å². The molecule has 0 aromatic rings. The molecule has 118 valence electrons. The second-order valence-corrected chi connectivity index (χ2v) is 6.68. The minimum Gasteiger partial charge on any atom is -0.480 e. The summed E-state index contributed by atoms with van der Waals surface area (Å²) >= 11 is 0. The first kappa shape index (κ1) is 17.4. The summed E-state index contributed by atoms with van der Waals surface area (Å²) in [6.45, 7) is 2.48. The molecule has 0 aromatic carbocycles. The van der Waals surface area contributed by atoms with Gasteiger partial charge in [-0.05, 0) is 25.7 Å². The average Bonchev–Trinajstić information content (AvgIpc) is 2.39. The Balaban J connectivity index is 2.81. The molecular formula is C12H24N2O5S. The molecule has 2 N–H and O–H groups in total. The quantitative estimate of drug-likeness (QED) is 0.683. The van der Waals surface area contributed by atoms with Crippen molar-refractivity contribution < 1.29 is 23.1 Å². The highest BCUT2D eigenvalue weighted by Gasteiger charge is 2.37. The number of carboxylic acids is 1. The zero-order chi connectivity index (χ0) is 15.2. The molecule has 8 heteroatoms. The fourth-order valence-electron chi connectivity index (χ4n) is 2.44. The van der Waals surface area contributed by atoms with Gasteiger partial charge in [0.15, 0.2) is 0 Å². The van der Waals surface area contributed by atoms with Crippen LogP contribution in [0.2, 0.25) is 0 Å². The first-order chi connectivity index (χ1) is 9.42. The molecule has 2 atom stereocenters. The SMILES string of the molecule is CCCC(COC)NS(=O)(=O)N1CCCCC1C(=O)O. The number of hydrogen-bond acceptors (Lipinski definition) is 4. The predicted molar refractivity (Wildman–Crippen MR) is 74.6 cm³/mol. The maximum absolute atomic E-state index is 12.4. The molecule has 0 spiro atoms. The molecule has 1 aliphatic heterocycles. The van der Waals surface area contributed by atoms with Crippen molar-refractivity contribution in [2.45, 2.75) is 51.1 Å². The molecule has 0 radical (unpaired) electrons. The van der Waals surface area contributed by atoms with E-state index in [0.717, 1.165) is 17.1 Å². The van der Waals surface area contributed by atoms with Crippen molar-refractivity contribution in [1.29, 1.82) is 0 Å². The maximum atomic E-state index is 12.4. The Kier molecular flexibility index (Phi) is 6.87. The summed E-state index contributed by atoms with van der Waals surface area (Å²) in [6, 6.07) is -1.29. The van der Waals surface area contributed by atoms with Crippen LogP contribution < -0.4 is 4.72 Å². The van der Waals surface area contributed by atoms with Gasteiger partial charge in [0.1, 0.15) is 6.04 Å². The Morgan fingerprint density at radius 2 is 2.20 bits per heavy atom. The van der Waals surface area contributed by atoms with Crippen LogP contribution in [0, 0.1) is 0 Å². The highest BCUT2D eigenvalue weighted by Crippen LogP contribution is 2.20. The monoisotopic (exact) mass is 308 g/mol. The van der Waals surface area contributed by atoms with E-state index in [0.29, 0.717) is 19.3 Å². The lowest BCUT2D eigenvalue weighted by molar-refractivity contribution is -0.142. The molecule has 1 fully saturated rings. The number of nitrogens with zero attached hydrogens (tertiary/aromatic N) is 1. The second kappa shape index (κ2) is 7.92. The first-order valence-corrected chi connectivity index (χ1v) is 8.37. The van der Waals surface area contributed by atoms with Crippen LogP contribution in [0.5, 0.6) is 0 Å². The van der Waals surface area contributed by atoms with E-state index in [1.54, 1.807) is 0 Å². The van der Waals surface area contributed by atoms with E-state index in [4.69, 9.17) is 9.84 Å². The van der Waals surface area contributed by atoms with Gasteiger partial charge in [0, 0.05) is 19.7 Å². The van der Waals surface area contributed by atoms with E-state index in [2.05, 4.69) is 4.72 Å². The molecule has 1 saturated heterocycles. The van der Waals surface area contributed by atoms with Crippen LogP contribution in [0.1, 0.15) is 39.0 Å². The van der Waals surface area contributed by atoms with Gasteiger partial charge in [-0.15, -0.1) is 0 Å². The van der Waals surface area contributed by atoms with E-state index < -0.39 is 22.2 Å². The summed E-state index contributed by atoms with van der Waals surface area (Å²) in [5, 5.41) is 9.15. The largest absolute Gasteiger partial charge is 0.480 e. The minimum atomic E-state index is -3.80. The molecule has 20 heavy (non-hydrogen) atoms. The van der Waals surface area contributed by atoms with E-state index in [-0.39, 0.29) is 19.2 Å². The fourth-order valence-corrected chi connectivity index (χ4v) is 4.09. The Hall–Kier alpha value is -0.700. The normalized spacial score (nSPS) is 22.6. The van der Waals surface area contributed by atoms with Crippen molar-refractivity contribution in [2.24, 2.45) is 0 Å². The number of nitrogens with one attached hydrogen (secondary N) is 1. The number of rotatable bonds is 8. The number of piperidine rings is 1. The molecular weight excluding hydrogens is 284 g/mol. The van der Waals surface area contributed by atoms with Crippen molar-refractivity contribution in [2.75, 3.05) is 20.3 Å². The molecule has 1 aliphatic rings. The Labute approximate surface area is 120 Å². The number of aliphatic carboxylic acids is 1. The third kappa shape index (κ3) is 4.69. The van der Waals surface area contributed by atoms with Crippen molar-refractivity contribution in [3.63, 3.8) is 0 Å². The van der Waals surface area contributed by atoms with Gasteiger partial charge in [0.05, 0.1) is 6.61 Å². The summed E-state index contributed by atoms with van der Waals surface area (Å²) in [5.41, 5.74) is 0. The molecule has 0 saturated carbocycles. The summed E-state index contributed by atoms with van der Waals surface area (Å²) in [4.78, 5) is 11.2. The van der Waals surface area contributed by atoms with Crippen LogP contribution in [-0.2, 0) is 19.7 Å². The minimum absolute atomic E-state index is 0.248. The maximum Gasteiger partial charge on any atom is 0.322 e. The third-order valence-electron chi connectivity index (χ3n) is 3.37. The van der Waals surface area contributed by atoms with Gasteiger partial charge in [-0.25, -0.2) is 0 Å². The van der Waals surface area contributed by atoms with E-state index in [1.807, 2.05) is 6.92 Å². The van der Waals surface area contributed by atoms with Gasteiger partial charge < -0.3 is 9.84 Å². The van der Waals surface area contributed by atoms with Crippen LogP contribution >= 0.6 is 0 Å². The second-order valence-electron chi connectivity index (χ2n) is 5.02. The van der Waals surface area contributed by atoms with Gasteiger partial charge in [-0.3, -0.25) is 4.79 Å². The van der Waals surface area contributed by atoms with Gasteiger partial charge >= 0.3 is 5.97 Å². The van der Waals surface area contributed by atoms with Crippen molar-refractivity contribution >= 4 is 16.2 Å². The smallest absolute Gasteiger partial charge is 0.322 e. The molecule has 0 amide bonds. The Morgan fingerprint density at radius 1 is 1.50 bits per heavy atom. The lowest BCUT2D eigenvalue weighted by Crippen LogP contribution is -2.54. The fraction of sp³-hybridized carbons (Fsp3) is 0.917. The van der Waals surface area contributed by atoms with Gasteiger partial charge in [0.25, 0.3) is 10.2 Å². The molecule has 1 heterocycles. The standard InChI is InChI=1S/C12H24N2O5S/c1-3-6-10(9-19-2)13-20(17,18)14-8-5-4-7-11(14)12(15)16/h10-11,13H,3-9H2,1-2H3,(H,15,16). The Bertz CT molecular complexity index is 406. The summed E-state index contributed by atoms with van der Waals surface area (Å²) in [7, 11) is -2.29. The summed E-state index contributed by atoms with van der Waals surface area (Å²) < 4.78 is 33.3. The molecule has 0 bridgehead atoms. The highest BCUT2D eigenvalue weighted by molar-refractivity contribution is 7.87. The van der Waals surface area contributed by atoms with E-state index >= 15 is 0 Å². The zero-order valence-electron chi connectivity index (χ0n) is 12.0. The predicted octanol–water partition coefficient (Wildman–Crippen LogP) is 0.575. The number of carbonyl (C=O) groups is 1. The lowest BCUT2D eigenvalue weighted by atomic mass is 10.1. The van der Waals surface area contributed by atoms with Crippen LogP contribution in [0.3, 0.4) is 0 Å². The Morgan fingerprint density at radius 3 is 2.75 bits per heavy atom. The summed E-state index contributed by atoms with van der Waals surface area (Å²) in [5.74, 6) is -1.09. The van der Waals surface area contributed by atoms with Crippen LogP contribution in [0.4, 0.5) is 0 Å². The zero-order valence-corrected chi connectivity index (χ0v) is 12.9. The number of methoxy groups -OCH3 is 1. The van der Waals surface area contributed by atoms with Gasteiger partial charge in [-0.1, -0.05) is 13.3 Å². The lowest BCUT2D eigenvalue weighted by Gasteiger charge is -2.33. The van der Waals surface area contributed by atoms with Crippen LogP contribution in [0.15, 0.2) is 0 Å². The first-order valence-electron chi connectivity index (χ1n) is 6.93. The summed E-state index contributed by atoms with van der Waals surface area (Å²) in [6.07, 6.45) is 3.25. The molecule has 0 aliphatic carbocycles. The molecule has 2 unspecified atom stereocenters. The van der Waals surface area contributed by atoms with E-state index in [9.17, 15) is 13.2 Å². The van der Waals surface area contributed by atoms with Gasteiger partial charge in [0.2, 0.25) is 0 Å². The van der Waals surface area contributed by atoms with Gasteiger partial charge in [-0.2, -0.15) is 17.4 Å².